The minimum Gasteiger partial charge on any atom is -0.468 e. The molecule has 0 aliphatic heterocycles. The molecular weight excluding hydrogens is 243 g/mol. The molecule has 1 aromatic heterocycles. The highest BCUT2D eigenvalue weighted by atomic mass is 19.2. The first-order chi connectivity index (χ1) is 8.58. The van der Waals surface area contributed by atoms with Gasteiger partial charge in [0.1, 0.15) is 11.6 Å². The maximum absolute atomic E-state index is 13.4. The van der Waals surface area contributed by atoms with Crippen LogP contribution in [-0.4, -0.2) is 0 Å². The highest BCUT2D eigenvalue weighted by Gasteiger charge is 2.12. The Morgan fingerprint density at radius 1 is 1.17 bits per heavy atom. The average Bonchev–Trinajstić information content (AvgIpc) is 2.85. The summed E-state index contributed by atoms with van der Waals surface area (Å²) in [5, 5.41) is 2.97. The van der Waals surface area contributed by atoms with Crippen molar-refractivity contribution in [2.24, 2.45) is 0 Å². The van der Waals surface area contributed by atoms with E-state index in [2.05, 4.69) is 5.32 Å². The maximum atomic E-state index is 13.4. The fourth-order valence-electron chi connectivity index (χ4n) is 1.60. The van der Waals surface area contributed by atoms with Crippen molar-refractivity contribution in [2.75, 3.05) is 0 Å². The van der Waals surface area contributed by atoms with Gasteiger partial charge in [-0.3, -0.25) is 0 Å². The van der Waals surface area contributed by atoms with E-state index >= 15 is 0 Å². The normalized spacial score (nSPS) is 12.7. The van der Waals surface area contributed by atoms with Crippen LogP contribution in [0.2, 0.25) is 0 Å². The molecule has 2 rings (SSSR count). The second kappa shape index (κ2) is 5.27. The van der Waals surface area contributed by atoms with E-state index in [1.54, 1.807) is 12.1 Å². The number of furan rings is 1. The van der Waals surface area contributed by atoms with E-state index in [0.29, 0.717) is 11.8 Å². The second-order valence-electron chi connectivity index (χ2n) is 3.98. The minimum absolute atomic E-state index is 0.0762. The van der Waals surface area contributed by atoms with Crippen molar-refractivity contribution >= 4 is 0 Å². The molecule has 1 heterocycles. The molecule has 0 saturated carbocycles. The summed E-state index contributed by atoms with van der Waals surface area (Å²) in [6.45, 7) is 1.92. The van der Waals surface area contributed by atoms with Gasteiger partial charge in [0.15, 0.2) is 11.6 Å². The summed E-state index contributed by atoms with van der Waals surface area (Å²) in [4.78, 5) is 0. The van der Waals surface area contributed by atoms with Gasteiger partial charge in [0, 0.05) is 18.2 Å². The van der Waals surface area contributed by atoms with E-state index in [0.717, 1.165) is 6.07 Å². The molecule has 0 saturated heterocycles. The van der Waals surface area contributed by atoms with E-state index < -0.39 is 17.5 Å². The summed E-state index contributed by atoms with van der Waals surface area (Å²) in [5.74, 6) is -2.32. The van der Waals surface area contributed by atoms with Gasteiger partial charge < -0.3 is 9.73 Å². The molecule has 0 amide bonds. The van der Waals surface area contributed by atoms with Crippen LogP contribution in [0.25, 0.3) is 0 Å². The van der Waals surface area contributed by atoms with Crippen LogP contribution in [0, 0.1) is 17.5 Å². The molecule has 0 spiro atoms. The molecule has 96 valence electrons. The molecule has 0 fully saturated rings. The van der Waals surface area contributed by atoms with Crippen molar-refractivity contribution in [1.82, 2.24) is 5.32 Å². The Morgan fingerprint density at radius 3 is 2.56 bits per heavy atom. The lowest BCUT2D eigenvalue weighted by atomic mass is 10.1. The van der Waals surface area contributed by atoms with Crippen LogP contribution in [0.5, 0.6) is 0 Å². The molecule has 1 aromatic carbocycles. The molecule has 18 heavy (non-hydrogen) atoms. The van der Waals surface area contributed by atoms with Crippen molar-refractivity contribution in [2.45, 2.75) is 19.5 Å². The first-order valence-corrected chi connectivity index (χ1v) is 5.48. The third-order valence-corrected chi connectivity index (χ3v) is 2.66. The Kier molecular flexibility index (Phi) is 3.72. The van der Waals surface area contributed by atoms with Crippen LogP contribution >= 0.6 is 0 Å². The van der Waals surface area contributed by atoms with Crippen LogP contribution in [0.15, 0.2) is 34.9 Å². The summed E-state index contributed by atoms with van der Waals surface area (Å²) >= 11 is 0. The Balaban J connectivity index is 2.04. The maximum Gasteiger partial charge on any atom is 0.161 e. The van der Waals surface area contributed by atoms with E-state index in [1.165, 1.54) is 6.26 Å². The van der Waals surface area contributed by atoms with Crippen molar-refractivity contribution < 1.29 is 17.6 Å². The van der Waals surface area contributed by atoms with Crippen LogP contribution in [-0.2, 0) is 6.54 Å². The molecule has 1 atom stereocenters. The van der Waals surface area contributed by atoms with Crippen LogP contribution in [0.3, 0.4) is 0 Å². The van der Waals surface area contributed by atoms with Crippen LogP contribution in [0.1, 0.15) is 24.3 Å². The quantitative estimate of drug-likeness (QED) is 0.845. The SMILES string of the molecule is C[C@@H](NCc1cc(F)c(F)cc1F)c1ccco1. The van der Waals surface area contributed by atoms with E-state index in [-0.39, 0.29) is 18.2 Å². The first-order valence-electron chi connectivity index (χ1n) is 5.48. The third kappa shape index (κ3) is 2.73. The number of rotatable bonds is 4. The molecule has 0 unspecified atom stereocenters. The predicted octanol–water partition coefficient (Wildman–Crippen LogP) is 3.55. The Hall–Kier alpha value is -1.75. The molecule has 1 N–H and O–H groups in total. The van der Waals surface area contributed by atoms with Gasteiger partial charge in [-0.1, -0.05) is 0 Å². The van der Waals surface area contributed by atoms with Gasteiger partial charge in [0.05, 0.1) is 12.3 Å². The number of nitrogens with one attached hydrogen (secondary N) is 1. The van der Waals surface area contributed by atoms with E-state index in [1.807, 2.05) is 6.92 Å². The van der Waals surface area contributed by atoms with Crippen molar-refractivity contribution in [3.8, 4) is 0 Å². The number of hydrogen-bond acceptors (Lipinski definition) is 2. The Labute approximate surface area is 102 Å². The standard InChI is InChI=1S/C13H12F3NO/c1-8(13-3-2-4-18-13)17-7-9-5-11(15)12(16)6-10(9)14/h2-6,8,17H,7H2,1H3/t8-/m1/s1. The third-order valence-electron chi connectivity index (χ3n) is 2.66. The highest BCUT2D eigenvalue weighted by molar-refractivity contribution is 5.20. The fourth-order valence-corrected chi connectivity index (χ4v) is 1.60. The van der Waals surface area contributed by atoms with Crippen LogP contribution < -0.4 is 5.32 Å². The molecule has 0 aliphatic carbocycles. The van der Waals surface area contributed by atoms with Crippen molar-refractivity contribution in [3.63, 3.8) is 0 Å². The van der Waals surface area contributed by atoms with Crippen LogP contribution in [0.4, 0.5) is 13.2 Å². The first kappa shape index (κ1) is 12.7. The van der Waals surface area contributed by atoms with E-state index in [4.69, 9.17) is 4.42 Å². The largest absolute Gasteiger partial charge is 0.468 e. The van der Waals surface area contributed by atoms with Gasteiger partial charge in [-0.25, -0.2) is 13.2 Å². The number of hydrogen-bond donors (Lipinski definition) is 1. The average molecular weight is 255 g/mol. The fraction of sp³-hybridized carbons (Fsp3) is 0.231. The lowest BCUT2D eigenvalue weighted by molar-refractivity contribution is 0.424. The summed E-state index contributed by atoms with van der Waals surface area (Å²) in [6.07, 6.45) is 1.53. The predicted molar refractivity (Wildman–Crippen MR) is 60.3 cm³/mol. The van der Waals surface area contributed by atoms with Gasteiger partial charge in [-0.2, -0.15) is 0 Å². The molecule has 5 heteroatoms. The lowest BCUT2D eigenvalue weighted by Crippen LogP contribution is -2.18. The summed E-state index contributed by atoms with van der Waals surface area (Å²) in [7, 11) is 0. The summed E-state index contributed by atoms with van der Waals surface area (Å²) in [5.41, 5.74) is 0.0762. The zero-order valence-corrected chi connectivity index (χ0v) is 9.71. The van der Waals surface area contributed by atoms with Gasteiger partial charge in [-0.15, -0.1) is 0 Å². The monoisotopic (exact) mass is 255 g/mol. The topological polar surface area (TPSA) is 25.2 Å². The smallest absolute Gasteiger partial charge is 0.161 e. The number of halogens is 3. The van der Waals surface area contributed by atoms with Gasteiger partial charge in [0.25, 0.3) is 0 Å². The minimum atomic E-state index is -1.18. The highest BCUT2D eigenvalue weighted by Crippen LogP contribution is 2.16. The summed E-state index contributed by atoms with van der Waals surface area (Å²) < 4.78 is 44.2. The molecule has 2 aromatic rings. The number of benzene rings is 1. The van der Waals surface area contributed by atoms with Crippen molar-refractivity contribution in [1.29, 1.82) is 0 Å². The lowest BCUT2D eigenvalue weighted by Gasteiger charge is -2.12. The van der Waals surface area contributed by atoms with Gasteiger partial charge in [-0.05, 0) is 25.1 Å². The molecule has 0 bridgehead atoms. The zero-order valence-electron chi connectivity index (χ0n) is 9.71. The zero-order chi connectivity index (χ0) is 13.1. The van der Waals surface area contributed by atoms with Crippen molar-refractivity contribution in [3.05, 3.63) is 59.3 Å². The molecule has 0 radical (unpaired) electrons. The Bertz CT molecular complexity index is 525. The molecule has 0 aliphatic rings. The van der Waals surface area contributed by atoms with Gasteiger partial charge >= 0.3 is 0 Å². The van der Waals surface area contributed by atoms with Gasteiger partial charge in [0.2, 0.25) is 0 Å². The van der Waals surface area contributed by atoms with E-state index in [9.17, 15) is 13.2 Å². The summed E-state index contributed by atoms with van der Waals surface area (Å²) in [6, 6.07) is 4.77. The molecule has 2 nitrogen and oxygen atoms in total. The molecular formula is C13H12F3NO. The Morgan fingerprint density at radius 2 is 1.89 bits per heavy atom. The second-order valence-corrected chi connectivity index (χ2v) is 3.98.